The second-order valence-electron chi connectivity index (χ2n) is 5.61. The number of hydrogen-bond acceptors (Lipinski definition) is 4. The summed E-state index contributed by atoms with van der Waals surface area (Å²) in [5.74, 6) is -0.378. The van der Waals surface area contributed by atoms with Crippen molar-refractivity contribution in [2.75, 3.05) is 19.6 Å². The summed E-state index contributed by atoms with van der Waals surface area (Å²) in [4.78, 5) is 25.0. The highest BCUT2D eigenvalue weighted by molar-refractivity contribution is 5.79. The van der Waals surface area contributed by atoms with E-state index >= 15 is 0 Å². The molecule has 0 aromatic rings. The number of nitrogens with zero attached hydrogens (tertiary/aromatic N) is 1. The summed E-state index contributed by atoms with van der Waals surface area (Å²) < 4.78 is 5.22. The lowest BCUT2D eigenvalue weighted by molar-refractivity contribution is -0.156. The lowest BCUT2D eigenvalue weighted by atomic mass is 10.2. The Morgan fingerprint density at radius 3 is 2.17 bits per heavy atom. The molecule has 0 saturated carbocycles. The topological polar surface area (TPSA) is 58.6 Å². The number of esters is 1. The first-order valence-electron chi connectivity index (χ1n) is 6.37. The van der Waals surface area contributed by atoms with Gasteiger partial charge in [-0.05, 0) is 41.2 Å². The first-order chi connectivity index (χ1) is 8.14. The van der Waals surface area contributed by atoms with Gasteiger partial charge in [-0.25, -0.2) is 0 Å². The molecule has 0 radical (unpaired) electrons. The predicted molar refractivity (Wildman–Crippen MR) is 71.2 cm³/mol. The highest BCUT2D eigenvalue weighted by Crippen LogP contribution is 2.07. The highest BCUT2D eigenvalue weighted by atomic mass is 16.6. The van der Waals surface area contributed by atoms with Crippen molar-refractivity contribution in [2.24, 2.45) is 0 Å². The Morgan fingerprint density at radius 1 is 1.22 bits per heavy atom. The number of likely N-dealkylation sites (N-methyl/N-ethyl adjacent to an activating group) is 1. The molecule has 0 aliphatic rings. The molecule has 0 rings (SSSR count). The molecule has 106 valence electrons. The van der Waals surface area contributed by atoms with Crippen molar-refractivity contribution < 1.29 is 14.3 Å². The van der Waals surface area contributed by atoms with Crippen molar-refractivity contribution in [2.45, 2.75) is 53.2 Å². The van der Waals surface area contributed by atoms with Crippen LogP contribution in [0.25, 0.3) is 0 Å². The molecule has 18 heavy (non-hydrogen) atoms. The van der Waals surface area contributed by atoms with Crippen LogP contribution in [0.15, 0.2) is 0 Å². The standard InChI is InChI=1S/C13H26N2O3/c1-7-15(8-11(16)14-10(2)3)9-12(17)18-13(4,5)6/h10H,7-9H2,1-6H3,(H,14,16). The molecular weight excluding hydrogens is 232 g/mol. The van der Waals surface area contributed by atoms with E-state index in [0.717, 1.165) is 0 Å². The Kier molecular flexibility index (Phi) is 6.91. The average molecular weight is 258 g/mol. The van der Waals surface area contributed by atoms with Crippen molar-refractivity contribution >= 4 is 11.9 Å². The number of rotatable bonds is 6. The molecule has 0 saturated heterocycles. The molecule has 0 aromatic carbocycles. The number of carbonyl (C=O) groups excluding carboxylic acids is 2. The fourth-order valence-electron chi connectivity index (χ4n) is 1.41. The largest absolute Gasteiger partial charge is 0.459 e. The Labute approximate surface area is 110 Å². The minimum absolute atomic E-state index is 0.0737. The molecule has 5 nitrogen and oxygen atoms in total. The zero-order valence-electron chi connectivity index (χ0n) is 12.4. The monoisotopic (exact) mass is 258 g/mol. The van der Waals surface area contributed by atoms with E-state index < -0.39 is 5.60 Å². The van der Waals surface area contributed by atoms with Gasteiger partial charge in [0.1, 0.15) is 5.60 Å². The summed E-state index contributed by atoms with van der Waals surface area (Å²) >= 11 is 0. The summed E-state index contributed by atoms with van der Waals surface area (Å²) in [6.07, 6.45) is 0. The fourth-order valence-corrected chi connectivity index (χ4v) is 1.41. The van der Waals surface area contributed by atoms with Crippen LogP contribution >= 0.6 is 0 Å². The molecule has 1 N–H and O–H groups in total. The van der Waals surface area contributed by atoms with Crippen LogP contribution < -0.4 is 5.32 Å². The molecule has 0 fully saturated rings. The predicted octanol–water partition coefficient (Wildman–Crippen LogP) is 1.17. The lowest BCUT2D eigenvalue weighted by Crippen LogP contribution is -2.43. The van der Waals surface area contributed by atoms with Gasteiger partial charge < -0.3 is 10.1 Å². The fraction of sp³-hybridized carbons (Fsp3) is 0.846. The van der Waals surface area contributed by atoms with Gasteiger partial charge in [-0.15, -0.1) is 0 Å². The molecule has 0 atom stereocenters. The van der Waals surface area contributed by atoms with Gasteiger partial charge in [-0.2, -0.15) is 0 Å². The third kappa shape index (κ3) is 8.98. The molecule has 0 heterocycles. The van der Waals surface area contributed by atoms with Crippen LogP contribution in [0.5, 0.6) is 0 Å². The van der Waals surface area contributed by atoms with E-state index in [-0.39, 0.29) is 31.0 Å². The zero-order valence-corrected chi connectivity index (χ0v) is 12.4. The number of amides is 1. The zero-order chi connectivity index (χ0) is 14.3. The molecule has 0 bridgehead atoms. The second-order valence-corrected chi connectivity index (χ2v) is 5.61. The summed E-state index contributed by atoms with van der Waals surface area (Å²) in [7, 11) is 0. The Bertz CT molecular complexity index is 282. The van der Waals surface area contributed by atoms with Gasteiger partial charge in [0.2, 0.25) is 5.91 Å². The molecule has 0 aliphatic heterocycles. The van der Waals surface area contributed by atoms with E-state index in [2.05, 4.69) is 5.32 Å². The van der Waals surface area contributed by atoms with Crippen molar-refractivity contribution in [3.05, 3.63) is 0 Å². The summed E-state index contributed by atoms with van der Waals surface area (Å²) in [5.41, 5.74) is -0.489. The molecule has 1 amide bonds. The van der Waals surface area contributed by atoms with E-state index in [0.29, 0.717) is 6.54 Å². The van der Waals surface area contributed by atoms with E-state index in [1.165, 1.54) is 0 Å². The van der Waals surface area contributed by atoms with Gasteiger partial charge in [0.25, 0.3) is 0 Å². The van der Waals surface area contributed by atoms with Crippen molar-refractivity contribution in [3.8, 4) is 0 Å². The van der Waals surface area contributed by atoms with Crippen LogP contribution in [0.2, 0.25) is 0 Å². The number of nitrogens with one attached hydrogen (secondary N) is 1. The maximum absolute atomic E-state index is 11.6. The SMILES string of the molecule is CCN(CC(=O)NC(C)C)CC(=O)OC(C)(C)C. The highest BCUT2D eigenvalue weighted by Gasteiger charge is 2.19. The van der Waals surface area contributed by atoms with Gasteiger partial charge in [0.15, 0.2) is 0 Å². The first-order valence-corrected chi connectivity index (χ1v) is 6.37. The van der Waals surface area contributed by atoms with Gasteiger partial charge in [-0.3, -0.25) is 14.5 Å². The van der Waals surface area contributed by atoms with Crippen LogP contribution in [0.4, 0.5) is 0 Å². The van der Waals surface area contributed by atoms with Crippen LogP contribution in [-0.2, 0) is 14.3 Å². The average Bonchev–Trinajstić information content (AvgIpc) is 2.11. The summed E-state index contributed by atoms with van der Waals surface area (Å²) in [6, 6.07) is 0.109. The normalized spacial score (nSPS) is 11.8. The van der Waals surface area contributed by atoms with Crippen LogP contribution in [0, 0.1) is 0 Å². The number of carbonyl (C=O) groups is 2. The summed E-state index contributed by atoms with van der Waals surface area (Å²) in [5, 5.41) is 2.80. The quantitative estimate of drug-likeness (QED) is 0.727. The van der Waals surface area contributed by atoms with Crippen LogP contribution in [0.3, 0.4) is 0 Å². The Balaban J connectivity index is 4.19. The molecular formula is C13H26N2O3. The minimum Gasteiger partial charge on any atom is -0.459 e. The molecule has 0 unspecified atom stereocenters. The second kappa shape index (κ2) is 7.36. The van der Waals surface area contributed by atoms with Crippen LogP contribution in [0.1, 0.15) is 41.5 Å². The third-order valence-corrected chi connectivity index (χ3v) is 2.04. The Hall–Kier alpha value is -1.10. The Morgan fingerprint density at radius 2 is 1.78 bits per heavy atom. The molecule has 5 heteroatoms. The minimum atomic E-state index is -0.489. The van der Waals surface area contributed by atoms with E-state index in [9.17, 15) is 9.59 Å². The maximum atomic E-state index is 11.6. The van der Waals surface area contributed by atoms with Gasteiger partial charge in [-0.1, -0.05) is 6.92 Å². The van der Waals surface area contributed by atoms with Gasteiger partial charge in [0.05, 0.1) is 13.1 Å². The van der Waals surface area contributed by atoms with Crippen molar-refractivity contribution in [1.82, 2.24) is 10.2 Å². The first kappa shape index (κ1) is 16.9. The summed E-state index contributed by atoms with van der Waals surface area (Å²) in [6.45, 7) is 12.2. The third-order valence-electron chi connectivity index (χ3n) is 2.04. The van der Waals surface area contributed by atoms with E-state index in [1.54, 1.807) is 4.90 Å². The van der Waals surface area contributed by atoms with Gasteiger partial charge >= 0.3 is 5.97 Å². The van der Waals surface area contributed by atoms with Gasteiger partial charge in [0, 0.05) is 6.04 Å². The molecule has 0 spiro atoms. The number of ether oxygens (including phenoxy) is 1. The van der Waals surface area contributed by atoms with Crippen molar-refractivity contribution in [3.63, 3.8) is 0 Å². The molecule has 0 aliphatic carbocycles. The lowest BCUT2D eigenvalue weighted by Gasteiger charge is -2.24. The van der Waals surface area contributed by atoms with Crippen LogP contribution in [-0.4, -0.2) is 48.1 Å². The smallest absolute Gasteiger partial charge is 0.320 e. The van der Waals surface area contributed by atoms with E-state index in [1.807, 2.05) is 41.5 Å². The number of hydrogen-bond donors (Lipinski definition) is 1. The van der Waals surface area contributed by atoms with E-state index in [4.69, 9.17) is 4.74 Å². The maximum Gasteiger partial charge on any atom is 0.320 e. The molecule has 0 aromatic heterocycles. The van der Waals surface area contributed by atoms with Crippen molar-refractivity contribution in [1.29, 1.82) is 0 Å².